The van der Waals surface area contributed by atoms with E-state index >= 15 is 0 Å². The van der Waals surface area contributed by atoms with E-state index in [1.807, 2.05) is 18.2 Å². The molecule has 4 aliphatic heterocycles. The van der Waals surface area contributed by atoms with Gasteiger partial charge in [0.1, 0.15) is 51.8 Å². The highest BCUT2D eigenvalue weighted by molar-refractivity contribution is 8.34. The second-order valence-electron chi connectivity index (χ2n) is 18.4. The zero-order chi connectivity index (χ0) is 47.8. The lowest BCUT2D eigenvalue weighted by atomic mass is 10.1. The summed E-state index contributed by atoms with van der Waals surface area (Å²) in [6.45, 7) is 0. The van der Waals surface area contributed by atoms with Crippen molar-refractivity contribution in [3.8, 4) is 74.5 Å². The van der Waals surface area contributed by atoms with Gasteiger partial charge in [0, 0.05) is 67.1 Å². The lowest BCUT2D eigenvalue weighted by Gasteiger charge is -2.48. The van der Waals surface area contributed by atoms with Gasteiger partial charge in [0.25, 0.3) is 0 Å². The Morgan fingerprint density at radius 2 is 0.616 bits per heavy atom. The molecule has 0 N–H and O–H groups in total. The minimum absolute atomic E-state index is 0.585. The molecule has 0 saturated carbocycles. The molecule has 4 aliphatic rings. The third kappa shape index (κ3) is 5.57. The van der Waals surface area contributed by atoms with Crippen LogP contribution in [-0.4, -0.2) is 14.5 Å². The highest BCUT2D eigenvalue weighted by Crippen LogP contribution is 2.85. The molecule has 0 unspecified atom stereocenters. The predicted octanol–water partition coefficient (Wildman–Crippen LogP) is 18.0. The Morgan fingerprint density at radius 1 is 0.288 bits per heavy atom. The van der Waals surface area contributed by atoms with Gasteiger partial charge in [0.2, 0.25) is 0 Å². The van der Waals surface area contributed by atoms with Crippen LogP contribution in [0, 0.1) is 0 Å². The van der Waals surface area contributed by atoms with Crippen molar-refractivity contribution in [2.75, 3.05) is 0 Å². The number of benzene rings is 10. The van der Waals surface area contributed by atoms with E-state index in [9.17, 15) is 0 Å². The summed E-state index contributed by atoms with van der Waals surface area (Å²) in [4.78, 5) is 20.1. The van der Waals surface area contributed by atoms with Crippen LogP contribution in [0.2, 0.25) is 0 Å². The molecule has 0 aliphatic carbocycles. The molecule has 6 heterocycles. The van der Waals surface area contributed by atoms with Crippen LogP contribution in [0.15, 0.2) is 276 Å². The normalized spacial score (nSPS) is 15.3. The van der Waals surface area contributed by atoms with Crippen molar-refractivity contribution in [3.05, 3.63) is 237 Å². The van der Waals surface area contributed by atoms with Crippen molar-refractivity contribution in [3.63, 3.8) is 0 Å². The molecule has 0 radical (unpaired) electrons. The lowest BCUT2D eigenvalue weighted by Crippen LogP contribution is -2.16. The van der Waals surface area contributed by atoms with Gasteiger partial charge in [-0.15, -0.1) is 20.1 Å². The van der Waals surface area contributed by atoms with Crippen LogP contribution in [0.4, 0.5) is 0 Å². The summed E-state index contributed by atoms with van der Waals surface area (Å²) in [5.41, 5.74) is 4.69. The van der Waals surface area contributed by atoms with E-state index in [-0.39, 0.29) is 0 Å². The first-order valence-electron chi connectivity index (χ1n) is 24.3. The molecular weight excluding hydrogens is 939 g/mol. The first kappa shape index (κ1) is 40.7. The zero-order valence-electron chi connectivity index (χ0n) is 38.8. The van der Waals surface area contributed by atoms with Crippen molar-refractivity contribution in [2.45, 2.75) is 39.2 Å². The molecule has 7 nitrogen and oxygen atoms in total. The van der Waals surface area contributed by atoms with Crippen LogP contribution < -0.4 is 18.9 Å². The smallest absolute Gasteiger partial charge is 0.162 e. The summed E-state index contributed by atoms with van der Waals surface area (Å²) >= 11 is 0. The second kappa shape index (κ2) is 15.2. The number of para-hydroxylation sites is 8. The molecule has 9 heteroatoms. The van der Waals surface area contributed by atoms with E-state index in [1.54, 1.807) is 0 Å². The summed E-state index contributed by atoms with van der Waals surface area (Å²) in [7, 11) is -4.33. The van der Waals surface area contributed by atoms with E-state index in [2.05, 4.69) is 223 Å². The van der Waals surface area contributed by atoms with Crippen LogP contribution in [0.5, 0.6) is 46.0 Å². The van der Waals surface area contributed by atoms with E-state index < -0.39 is 20.1 Å². The molecular formula is C64H39N3O4S2. The lowest BCUT2D eigenvalue weighted by molar-refractivity contribution is 0.439. The topological polar surface area (TPSA) is 67.6 Å². The minimum atomic E-state index is -2.17. The monoisotopic (exact) mass is 977 g/mol. The molecule has 0 saturated heterocycles. The van der Waals surface area contributed by atoms with E-state index in [4.69, 9.17) is 28.9 Å². The molecule has 0 amide bonds. The number of aromatic nitrogens is 3. The average Bonchev–Trinajstić information content (AvgIpc) is 3.79. The van der Waals surface area contributed by atoms with Gasteiger partial charge < -0.3 is 18.9 Å². The Hall–Kier alpha value is -9.02. The summed E-state index contributed by atoms with van der Waals surface area (Å²) in [5.74, 6) is 7.98. The summed E-state index contributed by atoms with van der Waals surface area (Å²) < 4.78 is 29.5. The standard InChI is InChI=1S/C64H39N3O4S2/c1-3-19-45-42(17-1)43-18-2-4-20-46(43)67(45)63-39-44(40-33-35-53-61(37-40)72(59-31-15-9-25-51(59)70-53)55-27-11-5-21-47(55)68-48-22-6-12-28-56(48)72)65-64(66-63)41-34-36-54-62(38-41)73(60-32-16-10-26-52(60)71-54)57-29-13-7-23-49(57)69-50-24-8-14-30-58(50)73/h1-39H. The Bertz CT molecular complexity index is 3860. The van der Waals surface area contributed by atoms with Gasteiger partial charge in [-0.1, -0.05) is 109 Å². The van der Waals surface area contributed by atoms with Crippen molar-refractivity contribution in [2.24, 2.45) is 0 Å². The Labute approximate surface area is 423 Å². The summed E-state index contributed by atoms with van der Waals surface area (Å²) in [5, 5.41) is 2.30. The van der Waals surface area contributed by atoms with Gasteiger partial charge in [-0.3, -0.25) is 4.57 Å². The maximum absolute atomic E-state index is 6.91. The number of hydrogen-bond acceptors (Lipinski definition) is 6. The fourth-order valence-corrected chi connectivity index (χ4v) is 20.0. The number of ether oxygens (including phenoxy) is 4. The number of hydrogen-bond donors (Lipinski definition) is 0. The van der Waals surface area contributed by atoms with Gasteiger partial charge in [-0.25, -0.2) is 9.97 Å². The first-order chi connectivity index (χ1) is 36.2. The average molecular weight is 978 g/mol. The van der Waals surface area contributed by atoms with Crippen molar-refractivity contribution in [1.82, 2.24) is 14.5 Å². The van der Waals surface area contributed by atoms with Crippen molar-refractivity contribution < 1.29 is 18.9 Å². The molecule has 2 spiro atoms. The molecule has 346 valence electrons. The number of rotatable bonds is 3. The van der Waals surface area contributed by atoms with Gasteiger partial charge in [0.05, 0.1) is 16.7 Å². The van der Waals surface area contributed by atoms with Gasteiger partial charge in [-0.05, 0) is 121 Å². The third-order valence-electron chi connectivity index (χ3n) is 14.6. The Balaban J connectivity index is 0.973. The molecule has 0 bridgehead atoms. The van der Waals surface area contributed by atoms with Gasteiger partial charge in [-0.2, -0.15) is 0 Å². The van der Waals surface area contributed by atoms with Crippen LogP contribution in [0.25, 0.3) is 50.3 Å². The van der Waals surface area contributed by atoms with Crippen LogP contribution in [-0.2, 0) is 0 Å². The maximum atomic E-state index is 6.91. The molecule has 16 rings (SSSR count). The van der Waals surface area contributed by atoms with E-state index in [0.29, 0.717) is 5.82 Å². The quantitative estimate of drug-likeness (QED) is 0.176. The van der Waals surface area contributed by atoms with Crippen LogP contribution in [0.1, 0.15) is 0 Å². The fraction of sp³-hybridized carbons (Fsp3) is 0. The third-order valence-corrected chi connectivity index (χ3v) is 22.5. The molecule has 10 aromatic carbocycles. The van der Waals surface area contributed by atoms with Crippen molar-refractivity contribution in [1.29, 1.82) is 0 Å². The molecule has 0 fully saturated rings. The minimum Gasteiger partial charge on any atom is -0.455 e. The fourth-order valence-electron chi connectivity index (χ4n) is 11.6. The maximum Gasteiger partial charge on any atom is 0.162 e. The van der Waals surface area contributed by atoms with Crippen LogP contribution in [0.3, 0.4) is 0 Å². The Kier molecular flexibility index (Phi) is 8.50. The highest BCUT2D eigenvalue weighted by Gasteiger charge is 2.48. The predicted molar refractivity (Wildman–Crippen MR) is 288 cm³/mol. The summed E-state index contributed by atoms with van der Waals surface area (Å²) in [6.07, 6.45) is 0. The molecule has 73 heavy (non-hydrogen) atoms. The number of fused-ring (bicyclic) bond motifs is 19. The zero-order valence-corrected chi connectivity index (χ0v) is 40.4. The van der Waals surface area contributed by atoms with E-state index in [1.165, 1.54) is 0 Å². The molecule has 12 aromatic rings. The summed E-state index contributed by atoms with van der Waals surface area (Å²) in [6, 6.07) is 83.2. The molecule has 2 aromatic heterocycles. The second-order valence-corrected chi connectivity index (χ2v) is 24.4. The Morgan fingerprint density at radius 3 is 1.03 bits per heavy atom. The highest BCUT2D eigenvalue weighted by atomic mass is 32.3. The van der Waals surface area contributed by atoms with E-state index in [0.717, 1.165) is 130 Å². The largest absolute Gasteiger partial charge is 0.455 e. The van der Waals surface area contributed by atoms with Gasteiger partial charge in [0.15, 0.2) is 5.82 Å². The number of nitrogens with zero attached hydrogens (tertiary/aromatic N) is 3. The van der Waals surface area contributed by atoms with Crippen LogP contribution >= 0.6 is 20.1 Å². The first-order valence-corrected chi connectivity index (χ1v) is 27.5. The van der Waals surface area contributed by atoms with Crippen molar-refractivity contribution >= 4 is 41.9 Å². The molecule has 0 atom stereocenters. The SMILES string of the molecule is c1ccc2c(c1)Oc1ccccc1S21c2ccccc2Oc2ccc(-c3cc(-n4c5ccccc5c5ccccc54)nc(-c4ccc5c(c4)S4(c6ccccc6Oc6ccccc64)c4ccccc4O5)n3)cc21. The van der Waals surface area contributed by atoms with Gasteiger partial charge >= 0.3 is 0 Å².